The largest absolute Gasteiger partial charge is 0.494 e. The summed E-state index contributed by atoms with van der Waals surface area (Å²) in [5.41, 5.74) is 6.12. The predicted octanol–water partition coefficient (Wildman–Crippen LogP) is 5.52. The summed E-state index contributed by atoms with van der Waals surface area (Å²) in [6.07, 6.45) is 1.85. The highest BCUT2D eigenvalue weighted by atomic mass is 32.2. The van der Waals surface area contributed by atoms with Gasteiger partial charge in [-0.1, -0.05) is 48.2 Å². The first-order valence-electron chi connectivity index (χ1n) is 10.5. The van der Waals surface area contributed by atoms with Crippen LogP contribution < -0.4 is 9.64 Å². The normalized spacial score (nSPS) is 12.9. The third-order valence-corrected chi connectivity index (χ3v) is 6.31. The fraction of sp³-hybridized carbons (Fsp3) is 0.200. The molecule has 1 aliphatic rings. The number of fused-ring (bicyclic) bond motifs is 3. The number of imidazole rings is 1. The van der Waals surface area contributed by atoms with E-state index in [1.807, 2.05) is 66.4 Å². The Morgan fingerprint density at radius 1 is 1.03 bits per heavy atom. The summed E-state index contributed by atoms with van der Waals surface area (Å²) in [7, 11) is 0. The molecule has 0 atom stereocenters. The summed E-state index contributed by atoms with van der Waals surface area (Å²) >= 11 is 1.42. The Morgan fingerprint density at radius 2 is 1.71 bits per heavy atom. The Labute approximate surface area is 185 Å². The number of hydrogen-bond acceptors (Lipinski definition) is 4. The van der Waals surface area contributed by atoms with Crippen LogP contribution in [0.15, 0.2) is 71.9 Å². The number of rotatable bonds is 5. The zero-order chi connectivity index (χ0) is 21.2. The number of benzene rings is 3. The maximum atomic E-state index is 13.4. The van der Waals surface area contributed by atoms with Gasteiger partial charge in [0.25, 0.3) is 0 Å². The molecule has 5 nitrogen and oxygen atoms in total. The molecule has 2 heterocycles. The number of aryl methyl sites for hydroxylation is 2. The van der Waals surface area contributed by atoms with Crippen LogP contribution >= 0.6 is 11.8 Å². The van der Waals surface area contributed by atoms with Crippen molar-refractivity contribution < 1.29 is 9.53 Å². The highest BCUT2D eigenvalue weighted by Gasteiger charge is 2.25. The second-order valence-electron chi connectivity index (χ2n) is 7.43. The molecule has 1 N–H and O–H groups in total. The number of ether oxygens (including phenoxy) is 1. The minimum atomic E-state index is 0.0438. The van der Waals surface area contributed by atoms with Crippen LogP contribution in [0.3, 0.4) is 0 Å². The van der Waals surface area contributed by atoms with Crippen molar-refractivity contribution in [3.63, 3.8) is 0 Å². The molecule has 0 bridgehead atoms. The monoisotopic (exact) mass is 429 g/mol. The van der Waals surface area contributed by atoms with E-state index >= 15 is 0 Å². The number of H-pyrrole nitrogens is 1. The Hall–Kier alpha value is -3.25. The van der Waals surface area contributed by atoms with Gasteiger partial charge in [0.15, 0.2) is 5.16 Å². The molecule has 4 aromatic rings. The fourth-order valence-corrected chi connectivity index (χ4v) is 4.77. The van der Waals surface area contributed by atoms with Crippen molar-refractivity contribution in [1.82, 2.24) is 9.97 Å². The SMILES string of the molecule is CCOc1ccc2nc(SCC(=O)N3c4ccccc4CCc4ccccc43)[nH]c2c1. The van der Waals surface area contributed by atoms with Crippen molar-refractivity contribution >= 4 is 40.1 Å². The van der Waals surface area contributed by atoms with Crippen LogP contribution in [0.2, 0.25) is 0 Å². The van der Waals surface area contributed by atoms with Gasteiger partial charge < -0.3 is 9.72 Å². The molecule has 31 heavy (non-hydrogen) atoms. The van der Waals surface area contributed by atoms with Gasteiger partial charge in [-0.15, -0.1) is 0 Å². The molecule has 156 valence electrons. The van der Waals surface area contributed by atoms with Crippen LogP contribution in [0.25, 0.3) is 11.0 Å². The fourth-order valence-electron chi connectivity index (χ4n) is 4.03. The number of nitrogens with zero attached hydrogens (tertiary/aromatic N) is 2. The van der Waals surface area contributed by atoms with Crippen molar-refractivity contribution in [2.75, 3.05) is 17.3 Å². The minimum absolute atomic E-state index is 0.0438. The lowest BCUT2D eigenvalue weighted by Crippen LogP contribution is -2.28. The van der Waals surface area contributed by atoms with E-state index in [0.29, 0.717) is 12.4 Å². The molecule has 0 saturated carbocycles. The molecule has 0 unspecified atom stereocenters. The molecule has 1 amide bonds. The molecule has 5 rings (SSSR count). The first kappa shape index (κ1) is 19.7. The molecule has 0 aliphatic carbocycles. The van der Waals surface area contributed by atoms with Gasteiger partial charge in [0.2, 0.25) is 5.91 Å². The molecule has 1 aliphatic heterocycles. The number of carbonyl (C=O) groups is 1. The molecule has 6 heteroatoms. The van der Waals surface area contributed by atoms with E-state index in [4.69, 9.17) is 4.74 Å². The lowest BCUT2D eigenvalue weighted by Gasteiger charge is -2.24. The first-order chi connectivity index (χ1) is 15.2. The highest BCUT2D eigenvalue weighted by molar-refractivity contribution is 7.99. The molecule has 0 fully saturated rings. The quantitative estimate of drug-likeness (QED) is 0.425. The number of aromatic amines is 1. The number of thioether (sulfide) groups is 1. The van der Waals surface area contributed by atoms with Crippen LogP contribution in [0.4, 0.5) is 11.4 Å². The van der Waals surface area contributed by atoms with Gasteiger partial charge in [-0.3, -0.25) is 9.69 Å². The Bertz CT molecular complexity index is 1200. The van der Waals surface area contributed by atoms with Crippen LogP contribution in [0, 0.1) is 0 Å². The van der Waals surface area contributed by atoms with Gasteiger partial charge in [0.05, 0.1) is 34.8 Å². The summed E-state index contributed by atoms with van der Waals surface area (Å²) in [6.45, 7) is 2.58. The zero-order valence-corrected chi connectivity index (χ0v) is 18.1. The number of nitrogens with one attached hydrogen (secondary N) is 1. The molecule has 0 radical (unpaired) electrons. The zero-order valence-electron chi connectivity index (χ0n) is 17.3. The molecule has 0 spiro atoms. The van der Waals surface area contributed by atoms with Gasteiger partial charge in [0.1, 0.15) is 5.75 Å². The predicted molar refractivity (Wildman–Crippen MR) is 125 cm³/mol. The highest BCUT2D eigenvalue weighted by Crippen LogP contribution is 2.36. The van der Waals surface area contributed by atoms with Gasteiger partial charge in [-0.2, -0.15) is 0 Å². The third kappa shape index (κ3) is 3.91. The van der Waals surface area contributed by atoms with E-state index in [0.717, 1.165) is 46.2 Å². The lowest BCUT2D eigenvalue weighted by molar-refractivity contribution is -0.115. The van der Waals surface area contributed by atoms with Crippen molar-refractivity contribution in [3.8, 4) is 5.75 Å². The maximum absolute atomic E-state index is 13.4. The Morgan fingerprint density at radius 3 is 2.39 bits per heavy atom. The first-order valence-corrected chi connectivity index (χ1v) is 11.5. The van der Waals surface area contributed by atoms with E-state index in [-0.39, 0.29) is 5.91 Å². The van der Waals surface area contributed by atoms with Crippen molar-refractivity contribution in [2.45, 2.75) is 24.9 Å². The maximum Gasteiger partial charge on any atom is 0.242 e. The van der Waals surface area contributed by atoms with E-state index in [9.17, 15) is 4.79 Å². The average molecular weight is 430 g/mol. The number of aromatic nitrogens is 2. The molecule has 1 aromatic heterocycles. The summed E-state index contributed by atoms with van der Waals surface area (Å²) < 4.78 is 5.56. The van der Waals surface area contributed by atoms with Gasteiger partial charge in [-0.05, 0) is 55.2 Å². The second kappa shape index (κ2) is 8.47. The van der Waals surface area contributed by atoms with E-state index in [2.05, 4.69) is 22.1 Å². The van der Waals surface area contributed by atoms with Crippen LogP contribution in [0.5, 0.6) is 5.75 Å². The Kier molecular flexibility index (Phi) is 5.38. The molecule has 0 saturated heterocycles. The summed E-state index contributed by atoms with van der Waals surface area (Å²) in [5.74, 6) is 1.15. The molecular weight excluding hydrogens is 406 g/mol. The summed E-state index contributed by atoms with van der Waals surface area (Å²) in [6, 6.07) is 22.2. The Balaban J connectivity index is 1.41. The minimum Gasteiger partial charge on any atom is -0.494 e. The summed E-state index contributed by atoms with van der Waals surface area (Å²) in [4.78, 5) is 23.2. The number of para-hydroxylation sites is 2. The third-order valence-electron chi connectivity index (χ3n) is 5.45. The van der Waals surface area contributed by atoms with Crippen molar-refractivity contribution in [2.24, 2.45) is 0 Å². The topological polar surface area (TPSA) is 58.2 Å². The number of carbonyl (C=O) groups excluding carboxylic acids is 1. The van der Waals surface area contributed by atoms with Gasteiger partial charge in [-0.25, -0.2) is 4.98 Å². The smallest absolute Gasteiger partial charge is 0.242 e. The van der Waals surface area contributed by atoms with Crippen LogP contribution in [-0.4, -0.2) is 28.2 Å². The van der Waals surface area contributed by atoms with Crippen molar-refractivity contribution in [3.05, 3.63) is 77.9 Å². The molecule has 3 aromatic carbocycles. The molecular formula is C25H23N3O2S. The summed E-state index contributed by atoms with van der Waals surface area (Å²) in [5, 5.41) is 0.730. The van der Waals surface area contributed by atoms with Crippen molar-refractivity contribution in [1.29, 1.82) is 0 Å². The van der Waals surface area contributed by atoms with Gasteiger partial charge >= 0.3 is 0 Å². The standard InChI is InChI=1S/C25H23N3O2S/c1-2-30-19-13-14-20-21(15-19)27-25(26-20)31-16-24(29)28-22-9-5-3-7-17(22)11-12-18-8-4-6-10-23(18)28/h3-10,13-15H,2,11-12,16H2,1H3,(H,26,27). The number of hydrogen-bond donors (Lipinski definition) is 1. The van der Waals surface area contributed by atoms with E-state index in [1.165, 1.54) is 22.9 Å². The van der Waals surface area contributed by atoms with Crippen LogP contribution in [-0.2, 0) is 17.6 Å². The lowest BCUT2D eigenvalue weighted by atomic mass is 10.0. The van der Waals surface area contributed by atoms with Gasteiger partial charge in [0, 0.05) is 6.07 Å². The number of anilines is 2. The number of amides is 1. The van der Waals surface area contributed by atoms with Crippen LogP contribution in [0.1, 0.15) is 18.1 Å². The second-order valence-corrected chi connectivity index (χ2v) is 8.39. The van der Waals surface area contributed by atoms with E-state index in [1.54, 1.807) is 0 Å². The average Bonchev–Trinajstić information content (AvgIpc) is 3.12. The van der Waals surface area contributed by atoms with E-state index < -0.39 is 0 Å².